The van der Waals surface area contributed by atoms with E-state index in [0.717, 1.165) is 0 Å². The lowest BCUT2D eigenvalue weighted by Gasteiger charge is -2.03. The Kier molecular flexibility index (Phi) is 3.48. The number of nitrogens with one attached hydrogen (secondary N) is 1. The summed E-state index contributed by atoms with van der Waals surface area (Å²) >= 11 is 23.1. The Balaban J connectivity index is 2.65. The number of hydrogen-bond donors (Lipinski definition) is 1. The third kappa shape index (κ3) is 2.42. The van der Waals surface area contributed by atoms with Crippen LogP contribution in [0.3, 0.4) is 0 Å². The molecule has 0 amide bonds. The third-order valence-electron chi connectivity index (χ3n) is 1.90. The van der Waals surface area contributed by atoms with Crippen molar-refractivity contribution >= 4 is 57.4 Å². The number of hydrogen-bond acceptors (Lipinski definition) is 2. The topological polar surface area (TPSA) is 37.9 Å². The third-order valence-corrected chi connectivity index (χ3v) is 3.69. The first-order valence-electron chi connectivity index (χ1n) is 4.18. The molecule has 1 N–H and O–H groups in total. The molecule has 0 fully saturated rings. The normalized spacial score (nSPS) is 12.2. The SMILES string of the molecule is FC(F)(F)Oc1nc2c(Cl)c(Cl)c(Cl)c(Cl)c2[nH]1. The van der Waals surface area contributed by atoms with Crippen LogP contribution >= 0.6 is 46.4 Å². The number of ether oxygens (including phenoxy) is 1. The Labute approximate surface area is 118 Å². The first kappa shape index (κ1) is 13.9. The fraction of sp³-hybridized carbons (Fsp3) is 0.125. The highest BCUT2D eigenvalue weighted by Gasteiger charge is 2.33. The minimum absolute atomic E-state index is 0.00955. The van der Waals surface area contributed by atoms with Crippen molar-refractivity contribution in [2.24, 2.45) is 0 Å². The second-order valence-electron chi connectivity index (χ2n) is 3.07. The van der Waals surface area contributed by atoms with E-state index in [9.17, 15) is 13.2 Å². The predicted octanol–water partition coefficient (Wildman–Crippen LogP) is 5.08. The van der Waals surface area contributed by atoms with Crippen LogP contribution in [-0.2, 0) is 0 Å². The minimum atomic E-state index is -4.89. The molecule has 2 rings (SSSR count). The van der Waals surface area contributed by atoms with Crippen LogP contribution < -0.4 is 4.74 Å². The van der Waals surface area contributed by atoms with Crippen molar-refractivity contribution in [3.8, 4) is 6.01 Å². The van der Waals surface area contributed by atoms with Crippen molar-refractivity contribution in [3.05, 3.63) is 20.1 Å². The molecule has 0 bridgehead atoms. The van der Waals surface area contributed by atoms with Gasteiger partial charge in [0.1, 0.15) is 5.52 Å². The van der Waals surface area contributed by atoms with Gasteiger partial charge in [0.15, 0.2) is 0 Å². The Bertz CT molecular complexity index is 580. The van der Waals surface area contributed by atoms with E-state index in [1.165, 1.54) is 0 Å². The van der Waals surface area contributed by atoms with Gasteiger partial charge in [0.05, 0.1) is 25.6 Å². The van der Waals surface area contributed by atoms with Crippen molar-refractivity contribution < 1.29 is 17.9 Å². The van der Waals surface area contributed by atoms with Gasteiger partial charge in [-0.25, -0.2) is 0 Å². The lowest BCUT2D eigenvalue weighted by molar-refractivity contribution is -0.277. The van der Waals surface area contributed by atoms with Crippen molar-refractivity contribution in [2.75, 3.05) is 0 Å². The number of aromatic amines is 1. The summed E-state index contributed by atoms with van der Waals surface area (Å²) in [6, 6.07) is -0.806. The number of fused-ring (bicyclic) bond motifs is 1. The van der Waals surface area contributed by atoms with Crippen LogP contribution in [0.15, 0.2) is 0 Å². The van der Waals surface area contributed by atoms with Gasteiger partial charge in [-0.1, -0.05) is 46.4 Å². The fourth-order valence-corrected chi connectivity index (χ4v) is 2.17. The number of H-pyrrole nitrogens is 1. The van der Waals surface area contributed by atoms with Gasteiger partial charge < -0.3 is 9.72 Å². The zero-order valence-electron chi connectivity index (χ0n) is 8.00. The van der Waals surface area contributed by atoms with Gasteiger partial charge in [-0.3, -0.25) is 0 Å². The molecule has 0 unspecified atom stereocenters. The van der Waals surface area contributed by atoms with E-state index in [1.54, 1.807) is 0 Å². The molecule has 1 heterocycles. The summed E-state index contributed by atoms with van der Waals surface area (Å²) in [6.45, 7) is 0. The van der Waals surface area contributed by atoms with E-state index in [-0.39, 0.29) is 31.1 Å². The van der Waals surface area contributed by atoms with Crippen LogP contribution in [0.25, 0.3) is 11.0 Å². The van der Waals surface area contributed by atoms with Gasteiger partial charge in [-0.15, -0.1) is 13.2 Å². The molecule has 18 heavy (non-hydrogen) atoms. The maximum absolute atomic E-state index is 12.0. The number of imidazole rings is 1. The van der Waals surface area contributed by atoms with E-state index >= 15 is 0 Å². The highest BCUT2D eigenvalue weighted by atomic mass is 35.5. The summed E-state index contributed by atoms with van der Waals surface area (Å²) in [5.74, 6) is 0. The van der Waals surface area contributed by atoms with Gasteiger partial charge >= 0.3 is 12.4 Å². The number of nitrogens with zero attached hydrogens (tertiary/aromatic N) is 1. The fourth-order valence-electron chi connectivity index (χ4n) is 1.23. The zero-order valence-corrected chi connectivity index (χ0v) is 11.0. The summed E-state index contributed by atoms with van der Waals surface area (Å²) in [4.78, 5) is 5.72. The zero-order chi connectivity index (χ0) is 13.7. The van der Waals surface area contributed by atoms with Crippen LogP contribution in [0.2, 0.25) is 20.1 Å². The van der Waals surface area contributed by atoms with Crippen LogP contribution in [0.4, 0.5) is 13.2 Å². The van der Waals surface area contributed by atoms with E-state index in [4.69, 9.17) is 46.4 Å². The first-order chi connectivity index (χ1) is 8.20. The highest BCUT2D eigenvalue weighted by molar-refractivity contribution is 6.54. The highest BCUT2D eigenvalue weighted by Crippen LogP contribution is 2.42. The van der Waals surface area contributed by atoms with Crippen LogP contribution in [0.1, 0.15) is 0 Å². The van der Waals surface area contributed by atoms with Gasteiger partial charge in [0.25, 0.3) is 0 Å². The number of halogens is 7. The molecule has 0 aliphatic rings. The first-order valence-corrected chi connectivity index (χ1v) is 5.69. The van der Waals surface area contributed by atoms with Gasteiger partial charge in [-0.2, -0.15) is 4.98 Å². The molecule has 3 nitrogen and oxygen atoms in total. The number of rotatable bonds is 1. The maximum Gasteiger partial charge on any atom is 0.575 e. The molecule has 0 saturated heterocycles. The standard InChI is InChI=1S/C8HCl4F3N2O/c9-1-2(10)4(12)6-5(3(1)11)16-7(17-6)18-8(13,14)15/h(H,16,17). The maximum atomic E-state index is 12.0. The van der Waals surface area contributed by atoms with Gasteiger partial charge in [0.2, 0.25) is 0 Å². The number of aromatic nitrogens is 2. The lowest BCUT2D eigenvalue weighted by Crippen LogP contribution is -2.17. The summed E-state index contributed by atoms with van der Waals surface area (Å²) in [5, 5.41) is -0.390. The van der Waals surface area contributed by atoms with Gasteiger partial charge in [0, 0.05) is 0 Å². The van der Waals surface area contributed by atoms with E-state index < -0.39 is 12.4 Å². The lowest BCUT2D eigenvalue weighted by atomic mass is 10.3. The minimum Gasteiger partial charge on any atom is -0.372 e. The van der Waals surface area contributed by atoms with Gasteiger partial charge in [-0.05, 0) is 0 Å². The largest absolute Gasteiger partial charge is 0.575 e. The molecular formula is C8HCl4F3N2O. The van der Waals surface area contributed by atoms with Crippen molar-refractivity contribution in [2.45, 2.75) is 6.36 Å². The molecule has 0 spiro atoms. The van der Waals surface area contributed by atoms with E-state index in [2.05, 4.69) is 14.7 Å². The Morgan fingerprint density at radius 3 is 2.06 bits per heavy atom. The van der Waals surface area contributed by atoms with Crippen molar-refractivity contribution in [1.82, 2.24) is 9.97 Å². The van der Waals surface area contributed by atoms with Crippen LogP contribution in [-0.4, -0.2) is 16.3 Å². The second-order valence-corrected chi connectivity index (χ2v) is 4.58. The Hall–Kier alpha value is -0.560. The molecule has 98 valence electrons. The van der Waals surface area contributed by atoms with Crippen molar-refractivity contribution in [1.29, 1.82) is 0 Å². The molecule has 0 atom stereocenters. The molecule has 0 aliphatic carbocycles. The quantitative estimate of drug-likeness (QED) is 0.581. The molecule has 1 aromatic heterocycles. The molecule has 1 aromatic carbocycles. The van der Waals surface area contributed by atoms with Crippen LogP contribution in [0.5, 0.6) is 6.01 Å². The summed E-state index contributed by atoms with van der Waals surface area (Å²) in [7, 11) is 0. The average Bonchev–Trinajstić information content (AvgIpc) is 2.65. The molecule has 0 saturated carbocycles. The Morgan fingerprint density at radius 1 is 0.944 bits per heavy atom. The monoisotopic (exact) mass is 338 g/mol. The number of benzene rings is 1. The van der Waals surface area contributed by atoms with E-state index in [1.807, 2.05) is 0 Å². The van der Waals surface area contributed by atoms with Crippen molar-refractivity contribution in [3.63, 3.8) is 0 Å². The second kappa shape index (κ2) is 4.52. The average molecular weight is 340 g/mol. The van der Waals surface area contributed by atoms with Crippen LogP contribution in [0, 0.1) is 0 Å². The molecule has 0 radical (unpaired) electrons. The predicted molar refractivity (Wildman–Crippen MR) is 62.8 cm³/mol. The number of alkyl halides is 3. The smallest absolute Gasteiger partial charge is 0.372 e. The molecule has 0 aliphatic heterocycles. The molecule has 2 aromatic rings. The summed E-state index contributed by atoms with van der Waals surface area (Å²) in [5.41, 5.74) is -0.0503. The molecular weight excluding hydrogens is 339 g/mol. The summed E-state index contributed by atoms with van der Waals surface area (Å²) in [6.07, 6.45) is -4.89. The summed E-state index contributed by atoms with van der Waals surface area (Å²) < 4.78 is 39.7. The van der Waals surface area contributed by atoms with E-state index in [0.29, 0.717) is 0 Å². The molecule has 10 heteroatoms. The Morgan fingerprint density at radius 2 is 1.50 bits per heavy atom.